The van der Waals surface area contributed by atoms with Gasteiger partial charge < -0.3 is 9.64 Å². The number of hydrogen-bond acceptors (Lipinski definition) is 4. The lowest BCUT2D eigenvalue weighted by Crippen LogP contribution is -2.37. The van der Waals surface area contributed by atoms with Crippen molar-refractivity contribution >= 4 is 27.7 Å². The fourth-order valence-corrected chi connectivity index (χ4v) is 2.90. The Morgan fingerprint density at radius 1 is 1.53 bits per heavy atom. The molecule has 0 N–H and O–H groups in total. The maximum Gasteiger partial charge on any atom is 0.309 e. The van der Waals surface area contributed by atoms with Gasteiger partial charge in [0.05, 0.1) is 12.5 Å². The van der Waals surface area contributed by atoms with Gasteiger partial charge in [0, 0.05) is 23.8 Å². The van der Waals surface area contributed by atoms with Crippen molar-refractivity contribution in [2.24, 2.45) is 5.92 Å². The number of halogens is 1. The highest BCUT2D eigenvalue weighted by atomic mass is 79.9. The Labute approximate surface area is 122 Å². The SMILES string of the molecule is CCOC(=O)C1CCN(c2ncc(Br)cc2C)CC1. The van der Waals surface area contributed by atoms with Gasteiger partial charge in [-0.2, -0.15) is 0 Å². The molecule has 0 aliphatic carbocycles. The fraction of sp³-hybridized carbons (Fsp3) is 0.571. The number of nitrogens with zero attached hydrogens (tertiary/aromatic N) is 2. The first kappa shape index (κ1) is 14.3. The van der Waals surface area contributed by atoms with Gasteiger partial charge in [0.15, 0.2) is 0 Å². The van der Waals surface area contributed by atoms with Crippen LogP contribution in [0.4, 0.5) is 5.82 Å². The lowest BCUT2D eigenvalue weighted by Gasteiger charge is -2.32. The first-order valence-electron chi connectivity index (χ1n) is 6.65. The van der Waals surface area contributed by atoms with Gasteiger partial charge >= 0.3 is 5.97 Å². The van der Waals surface area contributed by atoms with Gasteiger partial charge in [0.25, 0.3) is 0 Å². The first-order valence-corrected chi connectivity index (χ1v) is 7.45. The van der Waals surface area contributed by atoms with Crippen LogP contribution in [-0.2, 0) is 9.53 Å². The van der Waals surface area contributed by atoms with Gasteiger partial charge in [0.1, 0.15) is 5.82 Å². The monoisotopic (exact) mass is 326 g/mol. The molecule has 2 heterocycles. The minimum atomic E-state index is -0.0531. The second-order valence-corrected chi connectivity index (χ2v) is 5.72. The number of hydrogen-bond donors (Lipinski definition) is 0. The van der Waals surface area contributed by atoms with Crippen LogP contribution in [0.3, 0.4) is 0 Å². The summed E-state index contributed by atoms with van der Waals surface area (Å²) < 4.78 is 6.08. The number of pyridine rings is 1. The van der Waals surface area contributed by atoms with E-state index in [0.29, 0.717) is 6.61 Å². The summed E-state index contributed by atoms with van der Waals surface area (Å²) in [5, 5.41) is 0. The molecule has 0 aromatic carbocycles. The lowest BCUT2D eigenvalue weighted by molar-refractivity contribution is -0.148. The number of anilines is 1. The largest absolute Gasteiger partial charge is 0.466 e. The Bertz CT molecular complexity index is 457. The number of rotatable bonds is 3. The van der Waals surface area contributed by atoms with Crippen LogP contribution in [0.5, 0.6) is 0 Å². The minimum absolute atomic E-state index is 0.0481. The molecule has 1 aliphatic heterocycles. The molecular formula is C14H19BrN2O2. The van der Waals surface area contributed by atoms with Crippen LogP contribution in [0.1, 0.15) is 25.3 Å². The van der Waals surface area contributed by atoms with Crippen molar-refractivity contribution < 1.29 is 9.53 Å². The lowest BCUT2D eigenvalue weighted by atomic mass is 9.97. The maximum absolute atomic E-state index is 11.7. The topological polar surface area (TPSA) is 42.4 Å². The van der Waals surface area contributed by atoms with Crippen LogP contribution < -0.4 is 4.90 Å². The van der Waals surface area contributed by atoms with Gasteiger partial charge in [-0.05, 0) is 54.2 Å². The molecule has 19 heavy (non-hydrogen) atoms. The van der Waals surface area contributed by atoms with Gasteiger partial charge in [0.2, 0.25) is 0 Å². The molecule has 0 atom stereocenters. The Kier molecular flexibility index (Phi) is 4.80. The molecule has 104 valence electrons. The molecule has 4 nitrogen and oxygen atoms in total. The number of carbonyl (C=O) groups excluding carboxylic acids is 1. The summed E-state index contributed by atoms with van der Waals surface area (Å²) in [6, 6.07) is 2.07. The van der Waals surface area contributed by atoms with E-state index < -0.39 is 0 Å². The number of esters is 1. The molecule has 0 radical (unpaired) electrons. The molecule has 1 fully saturated rings. The van der Waals surface area contributed by atoms with Gasteiger partial charge in [-0.1, -0.05) is 0 Å². The van der Waals surface area contributed by atoms with E-state index >= 15 is 0 Å². The third-order valence-electron chi connectivity index (χ3n) is 3.43. The van der Waals surface area contributed by atoms with Crippen molar-refractivity contribution in [2.75, 3.05) is 24.6 Å². The zero-order valence-electron chi connectivity index (χ0n) is 11.4. The van der Waals surface area contributed by atoms with E-state index in [0.717, 1.165) is 41.8 Å². The van der Waals surface area contributed by atoms with Crippen LogP contribution >= 0.6 is 15.9 Å². The third-order valence-corrected chi connectivity index (χ3v) is 3.87. The molecule has 0 amide bonds. The third kappa shape index (κ3) is 3.47. The molecule has 1 aromatic heterocycles. The van der Waals surface area contributed by atoms with Crippen LogP contribution in [-0.4, -0.2) is 30.6 Å². The Balaban J connectivity index is 1.98. The number of ether oxygens (including phenoxy) is 1. The van der Waals surface area contributed by atoms with Crippen molar-refractivity contribution in [1.82, 2.24) is 4.98 Å². The predicted octanol–water partition coefficient (Wildman–Crippen LogP) is 2.93. The molecule has 1 aliphatic rings. The van der Waals surface area contributed by atoms with Gasteiger partial charge in [-0.25, -0.2) is 4.98 Å². The summed E-state index contributed by atoms with van der Waals surface area (Å²) >= 11 is 3.42. The average Bonchev–Trinajstić information content (AvgIpc) is 2.39. The second kappa shape index (κ2) is 6.37. The predicted molar refractivity (Wildman–Crippen MR) is 78.2 cm³/mol. The summed E-state index contributed by atoms with van der Waals surface area (Å²) in [6.07, 6.45) is 3.51. The van der Waals surface area contributed by atoms with Crippen LogP contribution in [0, 0.1) is 12.8 Å². The molecular weight excluding hydrogens is 308 g/mol. The highest BCUT2D eigenvalue weighted by Crippen LogP contribution is 2.26. The Hall–Kier alpha value is -1.10. The highest BCUT2D eigenvalue weighted by molar-refractivity contribution is 9.10. The number of carbonyl (C=O) groups is 1. The highest BCUT2D eigenvalue weighted by Gasteiger charge is 2.27. The molecule has 0 bridgehead atoms. The molecule has 5 heteroatoms. The van der Waals surface area contributed by atoms with E-state index in [9.17, 15) is 4.79 Å². The van der Waals surface area contributed by atoms with Gasteiger partial charge in [-0.15, -0.1) is 0 Å². The van der Waals surface area contributed by atoms with Gasteiger partial charge in [-0.3, -0.25) is 4.79 Å². The van der Waals surface area contributed by atoms with Crippen LogP contribution in [0.2, 0.25) is 0 Å². The van der Waals surface area contributed by atoms with E-state index in [4.69, 9.17) is 4.74 Å². The maximum atomic E-state index is 11.7. The molecule has 0 saturated carbocycles. The zero-order valence-corrected chi connectivity index (χ0v) is 12.9. The van der Waals surface area contributed by atoms with Crippen LogP contribution in [0.25, 0.3) is 0 Å². The Morgan fingerprint density at radius 2 is 2.21 bits per heavy atom. The summed E-state index contributed by atoms with van der Waals surface area (Å²) in [6.45, 7) is 6.09. The quantitative estimate of drug-likeness (QED) is 0.801. The summed E-state index contributed by atoms with van der Waals surface area (Å²) in [5.74, 6) is 1.01. The standard InChI is InChI=1S/C14H19BrN2O2/c1-3-19-14(18)11-4-6-17(7-5-11)13-10(2)8-12(15)9-16-13/h8-9,11H,3-7H2,1-2H3. The average molecular weight is 327 g/mol. The normalized spacial score (nSPS) is 16.5. The van der Waals surface area contributed by atoms with E-state index in [1.54, 1.807) is 0 Å². The van der Waals surface area contributed by atoms with Crippen molar-refractivity contribution in [3.63, 3.8) is 0 Å². The zero-order chi connectivity index (χ0) is 13.8. The number of piperidine rings is 1. The summed E-state index contributed by atoms with van der Waals surface area (Å²) in [5.41, 5.74) is 1.16. The smallest absolute Gasteiger partial charge is 0.309 e. The van der Waals surface area contributed by atoms with E-state index in [1.807, 2.05) is 13.1 Å². The summed E-state index contributed by atoms with van der Waals surface area (Å²) in [4.78, 5) is 18.4. The minimum Gasteiger partial charge on any atom is -0.466 e. The van der Waals surface area contributed by atoms with Crippen molar-refractivity contribution in [3.8, 4) is 0 Å². The van der Waals surface area contributed by atoms with Crippen molar-refractivity contribution in [1.29, 1.82) is 0 Å². The van der Waals surface area contributed by atoms with E-state index in [2.05, 4.69) is 38.8 Å². The molecule has 0 spiro atoms. The van der Waals surface area contributed by atoms with E-state index in [1.165, 1.54) is 0 Å². The molecule has 1 saturated heterocycles. The van der Waals surface area contributed by atoms with Crippen molar-refractivity contribution in [3.05, 3.63) is 22.3 Å². The fourth-order valence-electron chi connectivity index (χ4n) is 2.45. The van der Waals surface area contributed by atoms with Crippen LogP contribution in [0.15, 0.2) is 16.7 Å². The molecule has 2 rings (SSSR count). The first-order chi connectivity index (χ1) is 9.11. The second-order valence-electron chi connectivity index (χ2n) is 4.81. The summed E-state index contributed by atoms with van der Waals surface area (Å²) in [7, 11) is 0. The molecule has 1 aromatic rings. The van der Waals surface area contributed by atoms with E-state index in [-0.39, 0.29) is 11.9 Å². The number of aromatic nitrogens is 1. The molecule has 0 unspecified atom stereocenters. The van der Waals surface area contributed by atoms with Crippen molar-refractivity contribution in [2.45, 2.75) is 26.7 Å². The number of aryl methyl sites for hydroxylation is 1. The Morgan fingerprint density at radius 3 is 2.79 bits per heavy atom.